The summed E-state index contributed by atoms with van der Waals surface area (Å²) < 4.78 is 19.1. The number of halogens is 2. The predicted molar refractivity (Wildman–Crippen MR) is 93.5 cm³/mol. The highest BCUT2D eigenvalue weighted by molar-refractivity contribution is 6.31. The van der Waals surface area contributed by atoms with Gasteiger partial charge in [0.1, 0.15) is 11.6 Å². The van der Waals surface area contributed by atoms with Crippen molar-refractivity contribution >= 4 is 34.8 Å². The molecule has 0 aromatic heterocycles. The summed E-state index contributed by atoms with van der Waals surface area (Å²) in [5, 5.41) is 3.18. The first kappa shape index (κ1) is 17.2. The van der Waals surface area contributed by atoms with Crippen molar-refractivity contribution in [3.05, 3.63) is 53.3 Å². The van der Waals surface area contributed by atoms with Gasteiger partial charge in [-0.1, -0.05) is 23.7 Å². The first-order valence-corrected chi connectivity index (χ1v) is 8.06. The number of nitrogens with one attached hydrogen (secondary N) is 1. The molecule has 1 atom stereocenters. The number of nitrogens with zero attached hydrogens (tertiary/aromatic N) is 1. The standard InChI is InChI=1S/C18H16ClFN2O3/c1-25-16-7-6-12(19)9-14(16)21-18(24)11-8-17(23)22(10-11)15-5-3-2-4-13(15)20/h2-7,9,11H,8,10H2,1H3,(H,21,24). The first-order valence-electron chi connectivity index (χ1n) is 7.69. The van der Waals surface area contributed by atoms with Crippen LogP contribution < -0.4 is 15.0 Å². The molecule has 1 unspecified atom stereocenters. The Morgan fingerprint density at radius 3 is 2.80 bits per heavy atom. The van der Waals surface area contributed by atoms with E-state index in [-0.39, 0.29) is 30.5 Å². The second-order valence-corrected chi connectivity index (χ2v) is 6.13. The van der Waals surface area contributed by atoms with Gasteiger partial charge in [0.2, 0.25) is 11.8 Å². The maximum atomic E-state index is 13.9. The van der Waals surface area contributed by atoms with Crippen LogP contribution in [0.2, 0.25) is 5.02 Å². The molecule has 5 nitrogen and oxygen atoms in total. The minimum Gasteiger partial charge on any atom is -0.495 e. The fourth-order valence-corrected chi connectivity index (χ4v) is 2.97. The molecule has 2 amide bonds. The van der Waals surface area contributed by atoms with E-state index in [9.17, 15) is 14.0 Å². The molecule has 7 heteroatoms. The molecule has 0 aliphatic carbocycles. The van der Waals surface area contributed by atoms with Gasteiger partial charge in [-0.15, -0.1) is 0 Å². The fraction of sp³-hybridized carbons (Fsp3) is 0.222. The lowest BCUT2D eigenvalue weighted by Gasteiger charge is -2.17. The summed E-state index contributed by atoms with van der Waals surface area (Å²) in [5.41, 5.74) is 0.611. The minimum atomic E-state index is -0.587. The van der Waals surface area contributed by atoms with Gasteiger partial charge in [0, 0.05) is 18.0 Å². The quantitative estimate of drug-likeness (QED) is 0.905. The van der Waals surface area contributed by atoms with Crippen LogP contribution in [0.3, 0.4) is 0 Å². The average molecular weight is 363 g/mol. The lowest BCUT2D eigenvalue weighted by molar-refractivity contribution is -0.122. The summed E-state index contributed by atoms with van der Waals surface area (Å²) in [6.07, 6.45) is 0.0169. The Morgan fingerprint density at radius 2 is 2.08 bits per heavy atom. The van der Waals surface area contributed by atoms with E-state index in [0.717, 1.165) is 0 Å². The van der Waals surface area contributed by atoms with E-state index in [2.05, 4.69) is 5.32 Å². The van der Waals surface area contributed by atoms with Gasteiger partial charge in [0.15, 0.2) is 0 Å². The van der Waals surface area contributed by atoms with Crippen LogP contribution in [0.5, 0.6) is 5.75 Å². The van der Waals surface area contributed by atoms with Crippen molar-refractivity contribution in [2.24, 2.45) is 5.92 Å². The largest absolute Gasteiger partial charge is 0.495 e. The number of hydrogen-bond donors (Lipinski definition) is 1. The molecule has 0 radical (unpaired) electrons. The number of carbonyl (C=O) groups excluding carboxylic acids is 2. The molecule has 1 heterocycles. The van der Waals surface area contributed by atoms with Gasteiger partial charge >= 0.3 is 0 Å². The van der Waals surface area contributed by atoms with E-state index in [1.807, 2.05) is 0 Å². The van der Waals surface area contributed by atoms with Crippen LogP contribution in [0.25, 0.3) is 0 Å². The van der Waals surface area contributed by atoms with Crippen LogP contribution in [0.4, 0.5) is 15.8 Å². The highest BCUT2D eigenvalue weighted by Gasteiger charge is 2.36. The molecule has 1 fully saturated rings. The smallest absolute Gasteiger partial charge is 0.229 e. The Hall–Kier alpha value is -2.60. The molecule has 1 saturated heterocycles. The topological polar surface area (TPSA) is 58.6 Å². The molecule has 1 aliphatic rings. The molecular formula is C18H16ClFN2O3. The van der Waals surface area contributed by atoms with Crippen LogP contribution in [0.1, 0.15) is 6.42 Å². The third-order valence-electron chi connectivity index (χ3n) is 4.06. The Balaban J connectivity index is 1.75. The van der Waals surface area contributed by atoms with Crippen molar-refractivity contribution in [2.75, 3.05) is 23.9 Å². The van der Waals surface area contributed by atoms with Crippen LogP contribution >= 0.6 is 11.6 Å². The number of methoxy groups -OCH3 is 1. The molecule has 25 heavy (non-hydrogen) atoms. The van der Waals surface area contributed by atoms with Crippen molar-refractivity contribution in [3.8, 4) is 5.75 Å². The number of para-hydroxylation sites is 1. The first-order chi connectivity index (χ1) is 12.0. The average Bonchev–Trinajstić information content (AvgIpc) is 2.97. The fourth-order valence-electron chi connectivity index (χ4n) is 2.80. The van der Waals surface area contributed by atoms with Crippen LogP contribution in [0, 0.1) is 11.7 Å². The Labute approximate surface area is 149 Å². The molecule has 0 bridgehead atoms. The molecule has 0 saturated carbocycles. The van der Waals surface area contributed by atoms with E-state index in [1.54, 1.807) is 30.3 Å². The van der Waals surface area contributed by atoms with Gasteiger partial charge in [0.25, 0.3) is 0 Å². The summed E-state index contributed by atoms with van der Waals surface area (Å²) in [5.74, 6) is -1.24. The van der Waals surface area contributed by atoms with Crippen molar-refractivity contribution in [3.63, 3.8) is 0 Å². The number of carbonyl (C=O) groups is 2. The highest BCUT2D eigenvalue weighted by atomic mass is 35.5. The maximum Gasteiger partial charge on any atom is 0.229 e. The van der Waals surface area contributed by atoms with Crippen LogP contribution in [-0.2, 0) is 9.59 Å². The molecular weight excluding hydrogens is 347 g/mol. The number of benzene rings is 2. The van der Waals surface area contributed by atoms with Crippen molar-refractivity contribution in [2.45, 2.75) is 6.42 Å². The predicted octanol–water partition coefficient (Wildman–Crippen LogP) is 3.48. The summed E-state index contributed by atoms with van der Waals surface area (Å²) in [7, 11) is 1.48. The van der Waals surface area contributed by atoms with E-state index in [4.69, 9.17) is 16.3 Å². The molecule has 2 aromatic rings. The summed E-state index contributed by atoms with van der Waals surface area (Å²) in [6.45, 7) is 0.120. The van der Waals surface area contributed by atoms with Gasteiger partial charge in [0.05, 0.1) is 24.4 Å². The Morgan fingerprint density at radius 1 is 1.32 bits per heavy atom. The molecule has 2 aromatic carbocycles. The Bertz CT molecular complexity index is 828. The third-order valence-corrected chi connectivity index (χ3v) is 4.29. The van der Waals surface area contributed by atoms with E-state index < -0.39 is 11.7 Å². The van der Waals surface area contributed by atoms with Gasteiger partial charge in [-0.05, 0) is 30.3 Å². The Kier molecular flexibility index (Phi) is 4.90. The maximum absolute atomic E-state index is 13.9. The lowest BCUT2D eigenvalue weighted by atomic mass is 10.1. The summed E-state index contributed by atoms with van der Waals surface area (Å²) in [6, 6.07) is 10.9. The van der Waals surface area contributed by atoms with Crippen molar-refractivity contribution in [1.29, 1.82) is 0 Å². The van der Waals surface area contributed by atoms with E-state index >= 15 is 0 Å². The number of hydrogen-bond acceptors (Lipinski definition) is 3. The summed E-state index contributed by atoms with van der Waals surface area (Å²) in [4.78, 5) is 26.0. The SMILES string of the molecule is COc1ccc(Cl)cc1NC(=O)C1CC(=O)N(c2ccccc2F)C1. The zero-order chi connectivity index (χ0) is 18.0. The van der Waals surface area contributed by atoms with Gasteiger partial charge in [-0.25, -0.2) is 4.39 Å². The monoisotopic (exact) mass is 362 g/mol. The van der Waals surface area contributed by atoms with E-state index in [1.165, 1.54) is 24.1 Å². The second-order valence-electron chi connectivity index (χ2n) is 5.69. The molecule has 1 aliphatic heterocycles. The second kappa shape index (κ2) is 7.11. The summed E-state index contributed by atoms with van der Waals surface area (Å²) >= 11 is 5.95. The number of rotatable bonds is 4. The molecule has 3 rings (SSSR count). The lowest BCUT2D eigenvalue weighted by Crippen LogP contribution is -2.28. The van der Waals surface area contributed by atoms with Crippen LogP contribution in [-0.4, -0.2) is 25.5 Å². The number of amides is 2. The van der Waals surface area contributed by atoms with Gasteiger partial charge in [-0.2, -0.15) is 0 Å². The van der Waals surface area contributed by atoms with Crippen molar-refractivity contribution in [1.82, 2.24) is 0 Å². The van der Waals surface area contributed by atoms with Gasteiger partial charge < -0.3 is 15.0 Å². The molecule has 0 spiro atoms. The number of anilines is 2. The van der Waals surface area contributed by atoms with Crippen molar-refractivity contribution < 1.29 is 18.7 Å². The third kappa shape index (κ3) is 3.58. The molecule has 130 valence electrons. The normalized spacial score (nSPS) is 16.8. The zero-order valence-corrected chi connectivity index (χ0v) is 14.2. The highest BCUT2D eigenvalue weighted by Crippen LogP contribution is 2.31. The molecule has 1 N–H and O–H groups in total. The van der Waals surface area contributed by atoms with E-state index in [0.29, 0.717) is 16.5 Å². The zero-order valence-electron chi connectivity index (χ0n) is 13.5. The van der Waals surface area contributed by atoms with Crippen LogP contribution in [0.15, 0.2) is 42.5 Å². The van der Waals surface area contributed by atoms with Gasteiger partial charge in [-0.3, -0.25) is 9.59 Å². The number of ether oxygens (including phenoxy) is 1. The minimum absolute atomic E-state index is 0.0169.